The number of ether oxygens (including phenoxy) is 1. The molecule has 1 fully saturated rings. The number of esters is 1. The number of hydrogen-bond donors (Lipinski definition) is 0. The number of thiocarbonyl (C=S) groups is 1. The number of methoxy groups -OCH3 is 1. The molecule has 2 rings (SSSR count). The van der Waals surface area contributed by atoms with Gasteiger partial charge in [-0.3, -0.25) is 0 Å². The number of hydrogen-bond acceptors (Lipinski definition) is 3. The molecule has 0 N–H and O–H groups in total. The van der Waals surface area contributed by atoms with Crippen molar-refractivity contribution in [2.45, 2.75) is 38.4 Å². The van der Waals surface area contributed by atoms with Gasteiger partial charge in [0.2, 0.25) is 0 Å². The van der Waals surface area contributed by atoms with Gasteiger partial charge in [0.25, 0.3) is 0 Å². The number of alkyl halides is 3. The van der Waals surface area contributed by atoms with E-state index in [2.05, 4.69) is 4.74 Å². The zero-order valence-corrected chi connectivity index (χ0v) is 13.8. The normalized spacial score (nSPS) is 17.6. The van der Waals surface area contributed by atoms with E-state index in [0.29, 0.717) is 31.4 Å². The summed E-state index contributed by atoms with van der Waals surface area (Å²) in [6, 6.07) is 3.65. The Hall–Kier alpha value is -1.63. The highest BCUT2D eigenvalue weighted by Gasteiger charge is 2.38. The van der Waals surface area contributed by atoms with Crippen molar-refractivity contribution in [3.05, 3.63) is 34.9 Å². The molecule has 0 unspecified atom stereocenters. The fourth-order valence-electron chi connectivity index (χ4n) is 2.64. The summed E-state index contributed by atoms with van der Waals surface area (Å²) in [6.07, 6.45) is -2.85. The molecule has 1 aliphatic heterocycles. The van der Waals surface area contributed by atoms with Crippen molar-refractivity contribution in [2.24, 2.45) is 0 Å². The first kappa shape index (κ1) is 17.7. The monoisotopic (exact) mass is 345 g/mol. The third-order valence-corrected chi connectivity index (χ3v) is 4.41. The summed E-state index contributed by atoms with van der Waals surface area (Å²) in [4.78, 5) is 13.5. The average molecular weight is 345 g/mol. The number of rotatable bonds is 4. The van der Waals surface area contributed by atoms with E-state index in [1.54, 1.807) is 11.0 Å². The van der Waals surface area contributed by atoms with Crippen molar-refractivity contribution in [2.75, 3.05) is 13.7 Å². The average Bonchev–Trinajstić information content (AvgIpc) is 2.45. The second-order valence-electron chi connectivity index (χ2n) is 5.45. The minimum absolute atomic E-state index is 0.250. The van der Waals surface area contributed by atoms with Gasteiger partial charge in [-0.2, -0.15) is 13.2 Å². The quantitative estimate of drug-likeness (QED) is 0.616. The summed E-state index contributed by atoms with van der Waals surface area (Å²) in [6.45, 7) is 2.37. The van der Waals surface area contributed by atoms with Crippen LogP contribution in [0.3, 0.4) is 0 Å². The fourth-order valence-corrected chi connectivity index (χ4v) is 2.98. The Morgan fingerprint density at radius 3 is 2.61 bits per heavy atom. The topological polar surface area (TPSA) is 29.5 Å². The van der Waals surface area contributed by atoms with Crippen molar-refractivity contribution < 1.29 is 22.7 Å². The van der Waals surface area contributed by atoms with Crippen LogP contribution in [-0.2, 0) is 22.1 Å². The van der Waals surface area contributed by atoms with Crippen molar-refractivity contribution in [3.63, 3.8) is 0 Å². The van der Waals surface area contributed by atoms with Crippen LogP contribution in [0, 0.1) is 0 Å². The Kier molecular flexibility index (Phi) is 5.29. The van der Waals surface area contributed by atoms with Crippen LogP contribution in [0.5, 0.6) is 0 Å². The molecule has 1 aliphatic rings. The maximum absolute atomic E-state index is 13.2. The van der Waals surface area contributed by atoms with Gasteiger partial charge in [-0.05, 0) is 24.5 Å². The molecule has 3 nitrogen and oxygen atoms in total. The van der Waals surface area contributed by atoms with Crippen LogP contribution >= 0.6 is 12.2 Å². The van der Waals surface area contributed by atoms with Gasteiger partial charge in [0.1, 0.15) is 11.0 Å². The number of nitrogens with zero attached hydrogens (tertiary/aromatic N) is 1. The smallest absolute Gasteiger partial charge is 0.416 e. The van der Waals surface area contributed by atoms with Crippen molar-refractivity contribution >= 4 is 23.2 Å². The number of halogens is 3. The minimum atomic E-state index is -4.42. The van der Waals surface area contributed by atoms with Gasteiger partial charge in [-0.1, -0.05) is 37.7 Å². The van der Waals surface area contributed by atoms with Gasteiger partial charge >= 0.3 is 12.1 Å². The van der Waals surface area contributed by atoms with E-state index < -0.39 is 23.8 Å². The van der Waals surface area contributed by atoms with Crippen molar-refractivity contribution in [1.82, 2.24) is 4.90 Å². The summed E-state index contributed by atoms with van der Waals surface area (Å²) in [7, 11) is 1.28. The maximum Gasteiger partial charge on any atom is 0.416 e. The van der Waals surface area contributed by atoms with Gasteiger partial charge in [0.15, 0.2) is 0 Å². The predicted octanol–water partition coefficient (Wildman–Crippen LogP) is 3.58. The summed E-state index contributed by atoms with van der Waals surface area (Å²) in [5, 5.41) is 0. The third kappa shape index (κ3) is 3.65. The molecule has 0 amide bonds. The van der Waals surface area contributed by atoms with Crippen LogP contribution in [0.4, 0.5) is 13.2 Å². The minimum Gasteiger partial charge on any atom is -0.467 e. The van der Waals surface area contributed by atoms with Crippen molar-refractivity contribution in [3.8, 4) is 0 Å². The Bertz CT molecular complexity index is 616. The highest BCUT2D eigenvalue weighted by molar-refractivity contribution is 7.80. The van der Waals surface area contributed by atoms with E-state index in [-0.39, 0.29) is 10.6 Å². The lowest BCUT2D eigenvalue weighted by Crippen LogP contribution is -2.55. The number of benzene rings is 1. The first-order chi connectivity index (χ1) is 10.8. The van der Waals surface area contributed by atoms with E-state index >= 15 is 0 Å². The van der Waals surface area contributed by atoms with Gasteiger partial charge < -0.3 is 9.64 Å². The molecule has 1 saturated heterocycles. The standard InChI is InChI=1S/C16H18F3NO2S/c1-3-4-10-5-6-11(9-12(10)16(17,18)19)14(23)20-8-7-13(20)15(21)22-2/h5-6,9,13H,3-4,7-8H2,1-2H3/t13-/m1/s1. The molecule has 0 aromatic heterocycles. The first-order valence-electron chi connectivity index (χ1n) is 7.38. The summed E-state index contributed by atoms with van der Waals surface area (Å²) in [5.74, 6) is -0.419. The molecule has 23 heavy (non-hydrogen) atoms. The van der Waals surface area contributed by atoms with Crippen LogP contribution < -0.4 is 0 Å². The first-order valence-corrected chi connectivity index (χ1v) is 7.79. The Balaban J connectivity index is 2.30. The van der Waals surface area contributed by atoms with Crippen LogP contribution in [-0.4, -0.2) is 35.6 Å². The Labute approximate surface area is 138 Å². The molecule has 0 spiro atoms. The molecular formula is C16H18F3NO2S. The Morgan fingerprint density at radius 2 is 2.13 bits per heavy atom. The second-order valence-corrected chi connectivity index (χ2v) is 5.83. The van der Waals surface area contributed by atoms with E-state index in [9.17, 15) is 18.0 Å². The molecule has 7 heteroatoms. The number of carbonyl (C=O) groups is 1. The molecule has 1 atom stereocenters. The molecule has 0 bridgehead atoms. The second kappa shape index (κ2) is 6.86. The number of carbonyl (C=O) groups excluding carboxylic acids is 1. The van der Waals surface area contributed by atoms with Gasteiger partial charge in [-0.25, -0.2) is 4.79 Å². The van der Waals surface area contributed by atoms with Crippen LogP contribution in [0.25, 0.3) is 0 Å². The van der Waals surface area contributed by atoms with Crippen molar-refractivity contribution in [1.29, 1.82) is 0 Å². The van der Waals surface area contributed by atoms with Crippen LogP contribution in [0.1, 0.15) is 36.5 Å². The van der Waals surface area contributed by atoms with E-state index in [1.807, 2.05) is 6.92 Å². The highest BCUT2D eigenvalue weighted by Crippen LogP contribution is 2.34. The van der Waals surface area contributed by atoms with E-state index in [1.165, 1.54) is 13.2 Å². The fraction of sp³-hybridized carbons (Fsp3) is 0.500. The van der Waals surface area contributed by atoms with Gasteiger partial charge in [0, 0.05) is 12.1 Å². The SMILES string of the molecule is CCCc1ccc(C(=S)N2CC[C@@H]2C(=O)OC)cc1C(F)(F)F. The molecule has 0 saturated carbocycles. The van der Waals surface area contributed by atoms with E-state index in [0.717, 1.165) is 6.07 Å². The zero-order chi connectivity index (χ0) is 17.2. The molecule has 126 valence electrons. The Morgan fingerprint density at radius 1 is 1.43 bits per heavy atom. The van der Waals surface area contributed by atoms with Crippen LogP contribution in [0.2, 0.25) is 0 Å². The lowest BCUT2D eigenvalue weighted by molar-refractivity contribution is -0.148. The molecule has 1 aromatic carbocycles. The number of aryl methyl sites for hydroxylation is 1. The van der Waals surface area contributed by atoms with E-state index in [4.69, 9.17) is 12.2 Å². The highest BCUT2D eigenvalue weighted by atomic mass is 32.1. The molecular weight excluding hydrogens is 327 g/mol. The zero-order valence-electron chi connectivity index (χ0n) is 12.9. The molecule has 0 radical (unpaired) electrons. The summed E-state index contributed by atoms with van der Waals surface area (Å²) < 4.78 is 44.4. The summed E-state index contributed by atoms with van der Waals surface area (Å²) >= 11 is 5.28. The lowest BCUT2D eigenvalue weighted by atomic mass is 9.97. The maximum atomic E-state index is 13.2. The van der Waals surface area contributed by atoms with Crippen LogP contribution in [0.15, 0.2) is 18.2 Å². The van der Waals surface area contributed by atoms with Gasteiger partial charge in [0.05, 0.1) is 12.7 Å². The molecule has 0 aliphatic carbocycles. The largest absolute Gasteiger partial charge is 0.467 e. The summed E-state index contributed by atoms with van der Waals surface area (Å²) in [5.41, 5.74) is -0.0881. The lowest BCUT2D eigenvalue weighted by Gasteiger charge is -2.40. The molecule has 1 aromatic rings. The van der Waals surface area contributed by atoms with Gasteiger partial charge in [-0.15, -0.1) is 0 Å². The molecule has 1 heterocycles. The third-order valence-electron chi connectivity index (χ3n) is 3.94. The predicted molar refractivity (Wildman–Crippen MR) is 84.3 cm³/mol. The number of likely N-dealkylation sites (tertiary alicyclic amines) is 1.